The number of hydrogen-bond acceptors (Lipinski definition) is 3. The Bertz CT molecular complexity index is 921. The van der Waals surface area contributed by atoms with E-state index in [1.165, 1.54) is 15.4 Å². The zero-order valence-electron chi connectivity index (χ0n) is 17.3. The van der Waals surface area contributed by atoms with E-state index in [1.807, 2.05) is 26.0 Å². The molecular weight excluding hydrogens is 372 g/mol. The Hall–Kier alpha value is -2.34. The molecule has 0 radical (unpaired) electrons. The molecular formula is C22H30N2O3S. The standard InChI is InChI=1S/C22H30N2O3S/c1-16-9-12-20(13-10-16)7-6-14-23-22(25)19(4)24(28(5,26)27)21-15-17(2)8-11-18(21)3/h8-13,15,19H,6-7,14H2,1-5H3,(H,23,25)/t19-/m1/s1. The fourth-order valence-corrected chi connectivity index (χ4v) is 4.37. The number of rotatable bonds is 8. The number of aryl methyl sites for hydroxylation is 4. The van der Waals surface area contributed by atoms with E-state index in [4.69, 9.17) is 0 Å². The van der Waals surface area contributed by atoms with Gasteiger partial charge in [0, 0.05) is 6.54 Å². The Morgan fingerprint density at radius 1 is 1.04 bits per heavy atom. The fourth-order valence-electron chi connectivity index (χ4n) is 3.14. The third-order valence-corrected chi connectivity index (χ3v) is 5.98. The fraction of sp³-hybridized carbons (Fsp3) is 0.409. The molecule has 152 valence electrons. The van der Waals surface area contributed by atoms with E-state index >= 15 is 0 Å². The molecule has 1 amide bonds. The third-order valence-electron chi connectivity index (χ3n) is 4.75. The summed E-state index contributed by atoms with van der Waals surface area (Å²) in [5.41, 5.74) is 4.75. The minimum absolute atomic E-state index is 0.296. The van der Waals surface area contributed by atoms with Crippen molar-refractivity contribution in [1.82, 2.24) is 5.32 Å². The molecule has 0 aliphatic rings. The van der Waals surface area contributed by atoms with Gasteiger partial charge >= 0.3 is 0 Å². The highest BCUT2D eigenvalue weighted by atomic mass is 32.2. The first-order valence-electron chi connectivity index (χ1n) is 9.49. The molecule has 5 nitrogen and oxygen atoms in total. The molecule has 0 aliphatic carbocycles. The van der Waals surface area contributed by atoms with Gasteiger partial charge in [0.2, 0.25) is 15.9 Å². The van der Waals surface area contributed by atoms with Gasteiger partial charge in [0.15, 0.2) is 0 Å². The van der Waals surface area contributed by atoms with Crippen molar-refractivity contribution < 1.29 is 13.2 Å². The molecule has 0 bridgehead atoms. The van der Waals surface area contributed by atoms with Crippen LogP contribution in [0.25, 0.3) is 0 Å². The van der Waals surface area contributed by atoms with Crippen LogP contribution in [-0.4, -0.2) is 33.2 Å². The van der Waals surface area contributed by atoms with Crippen LogP contribution < -0.4 is 9.62 Å². The van der Waals surface area contributed by atoms with E-state index in [0.717, 1.165) is 30.2 Å². The molecule has 6 heteroatoms. The second-order valence-electron chi connectivity index (χ2n) is 7.40. The van der Waals surface area contributed by atoms with E-state index in [0.29, 0.717) is 12.2 Å². The normalized spacial score (nSPS) is 12.5. The van der Waals surface area contributed by atoms with Gasteiger partial charge in [-0.05, 0) is 63.3 Å². The van der Waals surface area contributed by atoms with E-state index in [2.05, 4.69) is 36.5 Å². The first-order valence-corrected chi connectivity index (χ1v) is 11.3. The largest absolute Gasteiger partial charge is 0.354 e. The quantitative estimate of drug-likeness (QED) is 0.687. The molecule has 1 atom stereocenters. The monoisotopic (exact) mass is 402 g/mol. The Morgan fingerprint density at radius 3 is 2.25 bits per heavy atom. The summed E-state index contributed by atoms with van der Waals surface area (Å²) in [6, 6.07) is 13.1. The number of carbonyl (C=O) groups excluding carboxylic acids is 1. The van der Waals surface area contributed by atoms with E-state index < -0.39 is 16.1 Å². The molecule has 0 heterocycles. The lowest BCUT2D eigenvalue weighted by Crippen LogP contribution is -2.48. The summed E-state index contributed by atoms with van der Waals surface area (Å²) in [6.07, 6.45) is 2.79. The Balaban J connectivity index is 2.03. The van der Waals surface area contributed by atoms with Crippen molar-refractivity contribution in [3.05, 3.63) is 64.7 Å². The van der Waals surface area contributed by atoms with Gasteiger partial charge in [-0.15, -0.1) is 0 Å². The molecule has 2 aromatic carbocycles. The number of nitrogens with zero attached hydrogens (tertiary/aromatic N) is 1. The molecule has 0 unspecified atom stereocenters. The second kappa shape index (κ2) is 9.24. The van der Waals surface area contributed by atoms with Crippen LogP contribution in [-0.2, 0) is 21.2 Å². The van der Waals surface area contributed by atoms with Gasteiger partial charge in [-0.2, -0.15) is 0 Å². The van der Waals surface area contributed by atoms with Crippen molar-refractivity contribution in [1.29, 1.82) is 0 Å². The molecule has 2 rings (SSSR count). The summed E-state index contributed by atoms with van der Waals surface area (Å²) in [4.78, 5) is 12.6. The maximum Gasteiger partial charge on any atom is 0.243 e. The van der Waals surface area contributed by atoms with Gasteiger partial charge in [-0.25, -0.2) is 8.42 Å². The number of sulfonamides is 1. The topological polar surface area (TPSA) is 66.5 Å². The van der Waals surface area contributed by atoms with Gasteiger partial charge in [0.25, 0.3) is 0 Å². The Morgan fingerprint density at radius 2 is 1.64 bits per heavy atom. The van der Waals surface area contributed by atoms with Crippen LogP contribution >= 0.6 is 0 Å². The highest BCUT2D eigenvalue weighted by Crippen LogP contribution is 2.26. The first-order chi connectivity index (χ1) is 13.1. The van der Waals surface area contributed by atoms with Crippen LogP contribution in [0.4, 0.5) is 5.69 Å². The molecule has 0 saturated carbocycles. The van der Waals surface area contributed by atoms with Gasteiger partial charge in [0.1, 0.15) is 6.04 Å². The number of anilines is 1. The third kappa shape index (κ3) is 5.83. The lowest BCUT2D eigenvalue weighted by Gasteiger charge is -2.29. The zero-order valence-corrected chi connectivity index (χ0v) is 18.1. The maximum absolute atomic E-state index is 12.6. The van der Waals surface area contributed by atoms with Crippen LogP contribution in [0.15, 0.2) is 42.5 Å². The minimum atomic E-state index is -3.61. The summed E-state index contributed by atoms with van der Waals surface area (Å²) in [5, 5.41) is 2.88. The molecule has 28 heavy (non-hydrogen) atoms. The zero-order chi connectivity index (χ0) is 20.9. The van der Waals surface area contributed by atoms with Crippen LogP contribution in [0.1, 0.15) is 35.6 Å². The molecule has 0 aliphatic heterocycles. The average Bonchev–Trinajstić information content (AvgIpc) is 2.62. The lowest BCUT2D eigenvalue weighted by atomic mass is 10.1. The van der Waals surface area contributed by atoms with Crippen LogP contribution in [0.2, 0.25) is 0 Å². The molecule has 2 aromatic rings. The predicted octanol–water partition coefficient (Wildman–Crippen LogP) is 3.52. The predicted molar refractivity (Wildman–Crippen MR) is 115 cm³/mol. The molecule has 0 saturated heterocycles. The molecule has 0 spiro atoms. The number of hydrogen-bond donors (Lipinski definition) is 1. The van der Waals surface area contributed by atoms with E-state index in [1.54, 1.807) is 13.0 Å². The van der Waals surface area contributed by atoms with E-state index in [-0.39, 0.29) is 5.91 Å². The average molecular weight is 403 g/mol. The van der Waals surface area contributed by atoms with Crippen molar-refractivity contribution >= 4 is 21.6 Å². The van der Waals surface area contributed by atoms with Gasteiger partial charge < -0.3 is 5.32 Å². The number of nitrogens with one attached hydrogen (secondary N) is 1. The smallest absolute Gasteiger partial charge is 0.243 e. The summed E-state index contributed by atoms with van der Waals surface area (Å²) in [5.74, 6) is -0.296. The van der Waals surface area contributed by atoms with Crippen LogP contribution in [0, 0.1) is 20.8 Å². The number of amides is 1. The Labute approximate surface area is 168 Å². The molecule has 1 N–H and O–H groups in total. The SMILES string of the molecule is Cc1ccc(CCCNC(=O)[C@@H](C)N(c2cc(C)ccc2C)S(C)(=O)=O)cc1. The maximum atomic E-state index is 12.6. The molecule has 0 aromatic heterocycles. The highest BCUT2D eigenvalue weighted by molar-refractivity contribution is 7.92. The number of benzene rings is 2. The van der Waals surface area contributed by atoms with Crippen molar-refractivity contribution in [2.24, 2.45) is 0 Å². The Kier molecular flexibility index (Phi) is 7.24. The summed E-state index contributed by atoms with van der Waals surface area (Å²) >= 11 is 0. The van der Waals surface area contributed by atoms with Crippen LogP contribution in [0.5, 0.6) is 0 Å². The summed E-state index contributed by atoms with van der Waals surface area (Å²) in [6.45, 7) is 7.92. The van der Waals surface area contributed by atoms with E-state index in [9.17, 15) is 13.2 Å². The summed E-state index contributed by atoms with van der Waals surface area (Å²) in [7, 11) is -3.61. The van der Waals surface area contributed by atoms with Crippen molar-refractivity contribution in [2.75, 3.05) is 17.1 Å². The van der Waals surface area contributed by atoms with Gasteiger partial charge in [-0.3, -0.25) is 9.10 Å². The summed E-state index contributed by atoms with van der Waals surface area (Å²) < 4.78 is 26.1. The van der Waals surface area contributed by atoms with Crippen molar-refractivity contribution in [3.63, 3.8) is 0 Å². The van der Waals surface area contributed by atoms with Crippen molar-refractivity contribution in [2.45, 2.75) is 46.6 Å². The lowest BCUT2D eigenvalue weighted by molar-refractivity contribution is -0.121. The van der Waals surface area contributed by atoms with Crippen LogP contribution in [0.3, 0.4) is 0 Å². The van der Waals surface area contributed by atoms with Gasteiger partial charge in [-0.1, -0.05) is 42.0 Å². The highest BCUT2D eigenvalue weighted by Gasteiger charge is 2.29. The minimum Gasteiger partial charge on any atom is -0.354 e. The second-order valence-corrected chi connectivity index (χ2v) is 9.26. The van der Waals surface area contributed by atoms with Gasteiger partial charge in [0.05, 0.1) is 11.9 Å². The molecule has 0 fully saturated rings. The number of carbonyl (C=O) groups is 1. The first kappa shape index (κ1) is 22.0. The van der Waals surface area contributed by atoms with Crippen molar-refractivity contribution in [3.8, 4) is 0 Å².